The molecule has 5 heteroatoms. The van der Waals surface area contributed by atoms with E-state index in [1.165, 1.54) is 0 Å². The number of carbonyl (C=O) groups is 2. The lowest BCUT2D eigenvalue weighted by atomic mass is 9.98. The number of aliphatic hydroxyl groups excluding tert-OH is 1. The van der Waals surface area contributed by atoms with Gasteiger partial charge in [0.25, 0.3) is 5.91 Å². The molecule has 1 atom stereocenters. The van der Waals surface area contributed by atoms with E-state index in [4.69, 9.17) is 11.6 Å². The van der Waals surface area contributed by atoms with Gasteiger partial charge in [0.05, 0.1) is 11.7 Å². The summed E-state index contributed by atoms with van der Waals surface area (Å²) in [5.74, 6) is -0.647. The van der Waals surface area contributed by atoms with Crippen LogP contribution in [0.1, 0.15) is 44.9 Å². The minimum atomic E-state index is -0.638. The zero-order valence-corrected chi connectivity index (χ0v) is 15.4. The molecule has 0 saturated heterocycles. The average molecular weight is 380 g/mol. The zero-order chi connectivity index (χ0) is 19.4. The van der Waals surface area contributed by atoms with Gasteiger partial charge in [-0.25, -0.2) is 0 Å². The van der Waals surface area contributed by atoms with E-state index in [1.54, 1.807) is 79.7 Å². The van der Waals surface area contributed by atoms with Crippen molar-refractivity contribution >= 4 is 29.0 Å². The number of hydrogen-bond donors (Lipinski definition) is 2. The number of amides is 1. The third kappa shape index (κ3) is 4.42. The van der Waals surface area contributed by atoms with E-state index in [-0.39, 0.29) is 11.3 Å². The maximum atomic E-state index is 12.8. The van der Waals surface area contributed by atoms with Crippen LogP contribution in [-0.4, -0.2) is 16.8 Å². The highest BCUT2D eigenvalue weighted by Gasteiger charge is 2.18. The maximum Gasteiger partial charge on any atom is 0.256 e. The summed E-state index contributed by atoms with van der Waals surface area (Å²) in [6.45, 7) is 1.65. The molecular weight excluding hydrogens is 362 g/mol. The number of nitrogens with one attached hydrogen (secondary N) is 1. The Kier molecular flexibility index (Phi) is 5.69. The first-order chi connectivity index (χ1) is 13.0. The summed E-state index contributed by atoms with van der Waals surface area (Å²) in [4.78, 5) is 25.6. The molecule has 0 heterocycles. The van der Waals surface area contributed by atoms with Crippen molar-refractivity contribution in [3.63, 3.8) is 0 Å². The summed E-state index contributed by atoms with van der Waals surface area (Å²) in [6, 6.07) is 20.2. The molecule has 1 amide bonds. The van der Waals surface area contributed by atoms with Crippen LogP contribution in [-0.2, 0) is 0 Å². The number of hydrogen-bond acceptors (Lipinski definition) is 3. The number of ketones is 1. The summed E-state index contributed by atoms with van der Waals surface area (Å²) in [5, 5.41) is 13.0. The van der Waals surface area contributed by atoms with Crippen LogP contribution in [0.15, 0.2) is 72.8 Å². The fourth-order valence-electron chi connectivity index (χ4n) is 2.71. The molecule has 0 aliphatic carbocycles. The van der Waals surface area contributed by atoms with Crippen molar-refractivity contribution in [2.24, 2.45) is 0 Å². The van der Waals surface area contributed by atoms with Crippen molar-refractivity contribution < 1.29 is 14.7 Å². The zero-order valence-electron chi connectivity index (χ0n) is 14.6. The molecule has 27 heavy (non-hydrogen) atoms. The first kappa shape index (κ1) is 18.8. The van der Waals surface area contributed by atoms with Crippen LogP contribution >= 0.6 is 11.6 Å². The van der Waals surface area contributed by atoms with Gasteiger partial charge in [0.1, 0.15) is 0 Å². The van der Waals surface area contributed by atoms with E-state index in [1.807, 2.05) is 0 Å². The molecule has 0 saturated carbocycles. The molecule has 136 valence electrons. The molecular formula is C22H18ClNO3. The van der Waals surface area contributed by atoms with Crippen molar-refractivity contribution in [2.45, 2.75) is 13.0 Å². The fourth-order valence-corrected chi connectivity index (χ4v) is 2.84. The number of aliphatic hydroxyl groups is 1. The Morgan fingerprint density at radius 1 is 0.926 bits per heavy atom. The quantitative estimate of drug-likeness (QED) is 0.621. The van der Waals surface area contributed by atoms with Gasteiger partial charge in [-0.15, -0.1) is 0 Å². The highest BCUT2D eigenvalue weighted by molar-refractivity contribution is 6.30. The van der Waals surface area contributed by atoms with Crippen molar-refractivity contribution in [3.05, 3.63) is 100 Å². The lowest BCUT2D eigenvalue weighted by molar-refractivity contribution is 0.0996. The highest BCUT2D eigenvalue weighted by atomic mass is 35.5. The highest BCUT2D eigenvalue weighted by Crippen LogP contribution is 2.20. The van der Waals surface area contributed by atoms with Gasteiger partial charge in [-0.1, -0.05) is 41.9 Å². The Labute approximate surface area is 162 Å². The SMILES string of the molecule is CC(O)c1cccc(NC(=O)c2ccccc2C(=O)c2ccc(Cl)cc2)c1. The second kappa shape index (κ2) is 8.16. The molecule has 4 nitrogen and oxygen atoms in total. The molecule has 0 radical (unpaired) electrons. The molecule has 0 aromatic heterocycles. The van der Waals surface area contributed by atoms with Gasteiger partial charge >= 0.3 is 0 Å². The summed E-state index contributed by atoms with van der Waals surface area (Å²) >= 11 is 5.88. The average Bonchev–Trinajstić information content (AvgIpc) is 2.68. The van der Waals surface area contributed by atoms with Crippen LogP contribution in [0, 0.1) is 0 Å². The molecule has 0 aliphatic rings. The molecule has 0 spiro atoms. The normalized spacial score (nSPS) is 11.7. The largest absolute Gasteiger partial charge is 0.389 e. The summed E-state index contributed by atoms with van der Waals surface area (Å²) in [7, 11) is 0. The van der Waals surface area contributed by atoms with Crippen molar-refractivity contribution in [1.82, 2.24) is 0 Å². The Balaban J connectivity index is 1.89. The first-order valence-electron chi connectivity index (χ1n) is 8.44. The van der Waals surface area contributed by atoms with Gasteiger partial charge in [-0.3, -0.25) is 9.59 Å². The molecule has 1 unspecified atom stereocenters. The molecule has 0 aliphatic heterocycles. The number of halogens is 1. The van der Waals surface area contributed by atoms with Gasteiger partial charge in [0.15, 0.2) is 5.78 Å². The van der Waals surface area contributed by atoms with Crippen molar-refractivity contribution in [3.8, 4) is 0 Å². The number of rotatable bonds is 5. The smallest absolute Gasteiger partial charge is 0.256 e. The van der Waals surface area contributed by atoms with Crippen LogP contribution in [0.5, 0.6) is 0 Å². The van der Waals surface area contributed by atoms with Crippen LogP contribution in [0.3, 0.4) is 0 Å². The lowest BCUT2D eigenvalue weighted by Gasteiger charge is -2.11. The predicted octanol–water partition coefficient (Wildman–Crippen LogP) is 4.88. The monoisotopic (exact) mass is 379 g/mol. The van der Waals surface area contributed by atoms with Gasteiger partial charge in [-0.2, -0.15) is 0 Å². The first-order valence-corrected chi connectivity index (χ1v) is 8.82. The maximum absolute atomic E-state index is 12.8. The predicted molar refractivity (Wildman–Crippen MR) is 106 cm³/mol. The minimum absolute atomic E-state index is 0.254. The standard InChI is InChI=1S/C22H18ClNO3/c1-14(25)16-5-4-6-18(13-16)24-22(27)20-8-3-2-7-19(20)21(26)15-9-11-17(23)12-10-15/h2-14,25H,1H3,(H,24,27). The van der Waals surface area contributed by atoms with Crippen molar-refractivity contribution in [1.29, 1.82) is 0 Å². The Bertz CT molecular complexity index is 981. The second-order valence-corrected chi connectivity index (χ2v) is 6.57. The van der Waals surface area contributed by atoms with E-state index >= 15 is 0 Å². The Morgan fingerprint density at radius 3 is 2.26 bits per heavy atom. The van der Waals surface area contributed by atoms with E-state index < -0.39 is 12.0 Å². The molecule has 0 bridgehead atoms. The third-order valence-corrected chi connectivity index (χ3v) is 4.40. The molecule has 3 rings (SSSR count). The molecule has 3 aromatic rings. The lowest BCUT2D eigenvalue weighted by Crippen LogP contribution is -2.17. The Morgan fingerprint density at radius 2 is 1.59 bits per heavy atom. The van der Waals surface area contributed by atoms with Crippen LogP contribution in [0.2, 0.25) is 5.02 Å². The van der Waals surface area contributed by atoms with Crippen LogP contribution < -0.4 is 5.32 Å². The van der Waals surface area contributed by atoms with Crippen molar-refractivity contribution in [2.75, 3.05) is 5.32 Å². The summed E-state index contributed by atoms with van der Waals surface area (Å²) in [6.07, 6.45) is -0.638. The van der Waals surface area contributed by atoms with Crippen LogP contribution in [0.25, 0.3) is 0 Å². The topological polar surface area (TPSA) is 66.4 Å². The summed E-state index contributed by atoms with van der Waals surface area (Å²) < 4.78 is 0. The summed E-state index contributed by atoms with van der Waals surface area (Å²) in [5.41, 5.74) is 2.28. The van der Waals surface area contributed by atoms with E-state index in [0.717, 1.165) is 0 Å². The van der Waals surface area contributed by atoms with E-state index in [0.29, 0.717) is 27.4 Å². The van der Waals surface area contributed by atoms with Gasteiger partial charge < -0.3 is 10.4 Å². The molecule has 0 fully saturated rings. The molecule has 3 aromatic carbocycles. The second-order valence-electron chi connectivity index (χ2n) is 6.14. The minimum Gasteiger partial charge on any atom is -0.389 e. The van der Waals surface area contributed by atoms with Gasteiger partial charge in [0, 0.05) is 21.8 Å². The third-order valence-electron chi connectivity index (χ3n) is 4.15. The van der Waals surface area contributed by atoms with Gasteiger partial charge in [-0.05, 0) is 55.0 Å². The van der Waals surface area contributed by atoms with E-state index in [9.17, 15) is 14.7 Å². The van der Waals surface area contributed by atoms with Gasteiger partial charge in [0.2, 0.25) is 0 Å². The van der Waals surface area contributed by atoms with Crippen LogP contribution in [0.4, 0.5) is 5.69 Å². The number of anilines is 1. The molecule has 2 N–H and O–H groups in total. The fraction of sp³-hybridized carbons (Fsp3) is 0.0909. The Hall–Kier alpha value is -2.95. The number of benzene rings is 3. The number of carbonyl (C=O) groups excluding carboxylic acids is 2. The van der Waals surface area contributed by atoms with E-state index in [2.05, 4.69) is 5.32 Å².